The summed E-state index contributed by atoms with van der Waals surface area (Å²) in [6, 6.07) is 13.9. The van der Waals surface area contributed by atoms with E-state index < -0.39 is 0 Å². The first kappa shape index (κ1) is 26.4. The lowest BCUT2D eigenvalue weighted by Gasteiger charge is -2.33. The third-order valence-corrected chi connectivity index (χ3v) is 5.89. The molecule has 35 heavy (non-hydrogen) atoms. The van der Waals surface area contributed by atoms with Gasteiger partial charge in [0, 0.05) is 29.1 Å². The van der Waals surface area contributed by atoms with Gasteiger partial charge in [0.2, 0.25) is 0 Å². The Morgan fingerprint density at radius 3 is 2.20 bits per heavy atom. The van der Waals surface area contributed by atoms with E-state index in [9.17, 15) is 4.79 Å². The van der Waals surface area contributed by atoms with Gasteiger partial charge in [-0.25, -0.2) is 4.79 Å². The number of nitrogens with zero attached hydrogens (tertiary/aromatic N) is 2. The second kappa shape index (κ2) is 9.80. The molecule has 0 unspecified atom stereocenters. The van der Waals surface area contributed by atoms with Crippen LogP contribution in [0, 0.1) is 12.3 Å². The van der Waals surface area contributed by atoms with Gasteiger partial charge < -0.3 is 10.6 Å². The zero-order chi connectivity index (χ0) is 26.0. The van der Waals surface area contributed by atoms with Crippen molar-refractivity contribution < 1.29 is 4.79 Å². The van der Waals surface area contributed by atoms with Gasteiger partial charge in [0.1, 0.15) is 0 Å². The predicted molar refractivity (Wildman–Crippen MR) is 147 cm³/mol. The molecule has 2 heterocycles. The van der Waals surface area contributed by atoms with E-state index >= 15 is 0 Å². The molecule has 5 nitrogen and oxygen atoms in total. The highest BCUT2D eigenvalue weighted by atomic mass is 16.2. The molecule has 186 valence electrons. The molecule has 0 aliphatic carbocycles. The number of anilines is 1. The number of carbonyl (C=O) groups excluding carboxylic acids is 1. The number of hydrogen-bond donors (Lipinski definition) is 2. The number of urea groups is 1. The van der Waals surface area contributed by atoms with Crippen molar-refractivity contribution in [3.8, 4) is 22.5 Å². The maximum atomic E-state index is 12.9. The molecule has 0 atom stereocenters. The smallest absolute Gasteiger partial charge is 0.319 e. The first-order valence-electron chi connectivity index (χ1n) is 12.3. The first-order valence-corrected chi connectivity index (χ1v) is 12.3. The molecule has 2 N–H and O–H groups in total. The van der Waals surface area contributed by atoms with E-state index in [0.29, 0.717) is 0 Å². The molecule has 1 aromatic carbocycles. The van der Waals surface area contributed by atoms with Gasteiger partial charge in [0.25, 0.3) is 0 Å². The highest BCUT2D eigenvalue weighted by Crippen LogP contribution is 2.33. The Morgan fingerprint density at radius 2 is 1.60 bits per heavy atom. The number of amides is 2. The van der Waals surface area contributed by atoms with E-state index in [2.05, 4.69) is 83.1 Å². The minimum absolute atomic E-state index is 0.0430. The fourth-order valence-electron chi connectivity index (χ4n) is 4.72. The van der Waals surface area contributed by atoms with Gasteiger partial charge in [-0.2, -0.15) is 0 Å². The average Bonchev–Trinajstić information content (AvgIpc) is 2.71. The third kappa shape index (κ3) is 7.14. The van der Waals surface area contributed by atoms with Crippen molar-refractivity contribution in [2.24, 2.45) is 5.41 Å². The zero-order valence-electron chi connectivity index (χ0n) is 22.7. The summed E-state index contributed by atoms with van der Waals surface area (Å²) in [5.41, 5.74) is 6.47. The second-order valence-electron chi connectivity index (χ2n) is 12.3. The van der Waals surface area contributed by atoms with Gasteiger partial charge in [-0.1, -0.05) is 59.7 Å². The van der Waals surface area contributed by atoms with Gasteiger partial charge in [0.05, 0.1) is 17.1 Å². The molecular weight excluding hydrogens is 432 g/mol. The van der Waals surface area contributed by atoms with Crippen molar-refractivity contribution in [1.82, 2.24) is 15.3 Å². The fraction of sp³-hybridized carbons (Fsp3) is 0.433. The molecule has 3 rings (SSSR count). The summed E-state index contributed by atoms with van der Waals surface area (Å²) < 4.78 is 0. The highest BCUT2D eigenvalue weighted by molar-refractivity contribution is 5.95. The summed E-state index contributed by atoms with van der Waals surface area (Å²) in [6.45, 7) is 19.3. The minimum atomic E-state index is -0.329. The summed E-state index contributed by atoms with van der Waals surface area (Å²) in [5, 5.41) is 6.21. The van der Waals surface area contributed by atoms with E-state index in [4.69, 9.17) is 4.98 Å². The van der Waals surface area contributed by atoms with Gasteiger partial charge in [0.15, 0.2) is 0 Å². The molecule has 0 bridgehead atoms. The lowest BCUT2D eigenvalue weighted by molar-refractivity contribution is 0.220. The van der Waals surface area contributed by atoms with E-state index in [-0.39, 0.29) is 22.4 Å². The van der Waals surface area contributed by atoms with E-state index in [1.165, 1.54) is 5.56 Å². The van der Waals surface area contributed by atoms with Crippen LogP contribution >= 0.6 is 0 Å². The van der Waals surface area contributed by atoms with Crippen LogP contribution in [0.3, 0.4) is 0 Å². The zero-order valence-corrected chi connectivity index (χ0v) is 22.7. The number of nitrogens with one attached hydrogen (secondary N) is 2. The molecule has 0 spiro atoms. The Hall–Kier alpha value is -3.21. The summed E-state index contributed by atoms with van der Waals surface area (Å²) in [7, 11) is 0. The molecule has 0 saturated carbocycles. The summed E-state index contributed by atoms with van der Waals surface area (Å²) in [6.07, 6.45) is 4.56. The van der Waals surface area contributed by atoms with Crippen LogP contribution in [-0.2, 0) is 5.41 Å². The Bertz CT molecular complexity index is 1180. The molecule has 0 aliphatic rings. The van der Waals surface area contributed by atoms with Crippen molar-refractivity contribution in [2.75, 3.05) is 5.32 Å². The monoisotopic (exact) mass is 472 g/mol. The van der Waals surface area contributed by atoms with E-state index in [0.717, 1.165) is 40.2 Å². The Labute approximate surface area is 210 Å². The molecule has 2 aromatic heterocycles. The molecule has 0 radical (unpaired) electrons. The normalized spacial score (nSPS) is 12.4. The van der Waals surface area contributed by atoms with Crippen LogP contribution in [0.4, 0.5) is 10.5 Å². The SMILES string of the molecule is Cc1cccc(NC(=O)NC(C)(C)CC(C)(C)C)c1-c1ccc(-c2cc(C(C)(C)C)ccn2)nc1. The van der Waals surface area contributed by atoms with Gasteiger partial charge >= 0.3 is 6.03 Å². The quantitative estimate of drug-likeness (QED) is 0.399. The number of aromatic nitrogens is 2. The van der Waals surface area contributed by atoms with Crippen LogP contribution in [0.15, 0.2) is 54.9 Å². The van der Waals surface area contributed by atoms with Crippen LogP contribution < -0.4 is 10.6 Å². The van der Waals surface area contributed by atoms with E-state index in [1.54, 1.807) is 0 Å². The van der Waals surface area contributed by atoms with Crippen molar-refractivity contribution in [3.63, 3.8) is 0 Å². The topological polar surface area (TPSA) is 66.9 Å². The lowest BCUT2D eigenvalue weighted by Crippen LogP contribution is -2.47. The van der Waals surface area contributed by atoms with Crippen LogP contribution in [-0.4, -0.2) is 21.5 Å². The van der Waals surface area contributed by atoms with Crippen molar-refractivity contribution in [3.05, 3.63) is 66.0 Å². The number of pyridine rings is 2. The number of benzene rings is 1. The Morgan fingerprint density at radius 1 is 0.886 bits per heavy atom. The molecule has 3 aromatic rings. The van der Waals surface area contributed by atoms with Crippen molar-refractivity contribution in [1.29, 1.82) is 0 Å². The van der Waals surface area contributed by atoms with Crippen molar-refractivity contribution >= 4 is 11.7 Å². The van der Waals surface area contributed by atoms with Crippen molar-refractivity contribution in [2.45, 2.75) is 79.7 Å². The highest BCUT2D eigenvalue weighted by Gasteiger charge is 2.27. The molecular formula is C30H40N4O. The van der Waals surface area contributed by atoms with Crippen LogP contribution in [0.1, 0.15) is 72.9 Å². The van der Waals surface area contributed by atoms with Crippen LogP contribution in [0.2, 0.25) is 0 Å². The second-order valence-corrected chi connectivity index (χ2v) is 12.3. The van der Waals surface area contributed by atoms with Crippen LogP contribution in [0.5, 0.6) is 0 Å². The maximum absolute atomic E-state index is 12.9. The van der Waals surface area contributed by atoms with E-state index in [1.807, 2.05) is 49.6 Å². The third-order valence-electron chi connectivity index (χ3n) is 5.89. The maximum Gasteiger partial charge on any atom is 0.319 e. The number of aryl methyl sites for hydroxylation is 1. The molecule has 0 saturated heterocycles. The Balaban J connectivity index is 1.86. The van der Waals surface area contributed by atoms with Gasteiger partial charge in [-0.15, -0.1) is 0 Å². The van der Waals surface area contributed by atoms with Gasteiger partial charge in [-0.3, -0.25) is 9.97 Å². The number of carbonyl (C=O) groups is 1. The number of rotatable bonds is 5. The summed E-state index contributed by atoms with van der Waals surface area (Å²) in [4.78, 5) is 22.2. The largest absolute Gasteiger partial charge is 0.333 e. The predicted octanol–water partition coefficient (Wildman–Crippen LogP) is 7.75. The average molecular weight is 473 g/mol. The fourth-order valence-corrected chi connectivity index (χ4v) is 4.72. The Kier molecular flexibility index (Phi) is 7.39. The molecule has 0 aliphatic heterocycles. The minimum Gasteiger partial charge on any atom is -0.333 e. The molecule has 5 heteroatoms. The lowest BCUT2D eigenvalue weighted by atomic mass is 9.82. The summed E-state index contributed by atoms with van der Waals surface area (Å²) >= 11 is 0. The summed E-state index contributed by atoms with van der Waals surface area (Å²) in [5.74, 6) is 0. The molecule has 0 fully saturated rings. The first-order chi connectivity index (χ1) is 16.1. The van der Waals surface area contributed by atoms with Crippen LogP contribution in [0.25, 0.3) is 22.5 Å². The standard InChI is InChI=1S/C30H40N4O/c1-20-11-10-12-24(33-27(35)34-30(8,9)19-28(2,3)4)26(20)21-13-14-23(32-18-21)25-17-22(15-16-31-25)29(5,6)7/h10-18H,19H2,1-9H3,(H2,33,34,35). The number of hydrogen-bond acceptors (Lipinski definition) is 3. The van der Waals surface area contributed by atoms with Gasteiger partial charge in [-0.05, 0) is 73.4 Å². The molecule has 2 amide bonds.